The van der Waals surface area contributed by atoms with Crippen LogP contribution >= 0.6 is 0 Å². The van der Waals surface area contributed by atoms with Gasteiger partial charge in [-0.3, -0.25) is 0 Å². The van der Waals surface area contributed by atoms with Crippen LogP contribution in [0.25, 0.3) is 0 Å². The fraction of sp³-hybridized carbons (Fsp3) is 0.538. The maximum absolute atomic E-state index is 14.2. The van der Waals surface area contributed by atoms with E-state index in [2.05, 4.69) is 4.98 Å². The lowest BCUT2D eigenvalue weighted by Crippen LogP contribution is -2.45. The molecule has 1 aromatic rings. The molecule has 1 aromatic heterocycles. The molecule has 98 valence electrons. The summed E-state index contributed by atoms with van der Waals surface area (Å²) in [7, 11) is 0. The molecule has 0 radical (unpaired) electrons. The fourth-order valence-corrected chi connectivity index (χ4v) is 2.62. The summed E-state index contributed by atoms with van der Waals surface area (Å²) in [6.07, 6.45) is 4.42. The van der Waals surface area contributed by atoms with Crippen molar-refractivity contribution in [3.05, 3.63) is 23.6 Å². The third-order valence-corrected chi connectivity index (χ3v) is 3.54. The Kier molecular flexibility index (Phi) is 3.50. The van der Waals surface area contributed by atoms with Crippen molar-refractivity contribution in [2.75, 3.05) is 4.90 Å². The van der Waals surface area contributed by atoms with Crippen LogP contribution < -0.4 is 4.90 Å². The average Bonchev–Trinajstić information content (AvgIpc) is 2.30. The van der Waals surface area contributed by atoms with Gasteiger partial charge >= 0.3 is 5.97 Å². The van der Waals surface area contributed by atoms with Crippen molar-refractivity contribution in [2.24, 2.45) is 0 Å². The van der Waals surface area contributed by atoms with Gasteiger partial charge in [-0.2, -0.15) is 0 Å². The van der Waals surface area contributed by atoms with Crippen LogP contribution in [0.4, 0.5) is 10.2 Å². The summed E-state index contributed by atoms with van der Waals surface area (Å²) in [6.45, 7) is 4.04. The Labute approximate surface area is 105 Å². The van der Waals surface area contributed by atoms with Gasteiger partial charge in [-0.25, -0.2) is 14.2 Å². The summed E-state index contributed by atoms with van der Waals surface area (Å²) in [5, 5.41) is 8.93. The Bertz CT molecular complexity index is 454. The Morgan fingerprint density at radius 1 is 1.44 bits per heavy atom. The quantitative estimate of drug-likeness (QED) is 0.879. The number of anilines is 1. The van der Waals surface area contributed by atoms with E-state index in [4.69, 9.17) is 5.11 Å². The molecule has 4 nitrogen and oxygen atoms in total. The van der Waals surface area contributed by atoms with Crippen molar-refractivity contribution < 1.29 is 14.3 Å². The van der Waals surface area contributed by atoms with Gasteiger partial charge in [0.25, 0.3) is 0 Å². The van der Waals surface area contributed by atoms with Crippen LogP contribution in [-0.2, 0) is 0 Å². The van der Waals surface area contributed by atoms with Crippen molar-refractivity contribution in [1.82, 2.24) is 4.98 Å². The number of hydrogen-bond donors (Lipinski definition) is 1. The van der Waals surface area contributed by atoms with Crippen molar-refractivity contribution in [3.8, 4) is 0 Å². The number of pyridine rings is 1. The number of carboxylic acid groups (broad SMARTS) is 1. The molecule has 2 atom stereocenters. The molecule has 1 aliphatic heterocycles. The third-order valence-electron chi connectivity index (χ3n) is 3.54. The predicted octanol–water partition coefficient (Wildman–Crippen LogP) is 2.69. The summed E-state index contributed by atoms with van der Waals surface area (Å²) in [6, 6.07) is 1.56. The molecule has 2 heterocycles. The van der Waals surface area contributed by atoms with E-state index in [0.717, 1.165) is 19.3 Å². The predicted molar refractivity (Wildman–Crippen MR) is 66.4 cm³/mol. The summed E-state index contributed by atoms with van der Waals surface area (Å²) < 4.78 is 14.2. The molecule has 1 saturated heterocycles. The van der Waals surface area contributed by atoms with E-state index in [1.54, 1.807) is 0 Å². The van der Waals surface area contributed by atoms with E-state index in [-0.39, 0.29) is 23.5 Å². The van der Waals surface area contributed by atoms with Crippen molar-refractivity contribution in [1.29, 1.82) is 0 Å². The lowest BCUT2D eigenvalue weighted by Gasteiger charge is -2.40. The maximum Gasteiger partial charge on any atom is 0.338 e. The van der Waals surface area contributed by atoms with Crippen LogP contribution in [0.3, 0.4) is 0 Å². The summed E-state index contributed by atoms with van der Waals surface area (Å²) >= 11 is 0. The van der Waals surface area contributed by atoms with Gasteiger partial charge in [-0.15, -0.1) is 0 Å². The number of hydrogen-bond acceptors (Lipinski definition) is 3. The molecular weight excluding hydrogens is 235 g/mol. The fourth-order valence-electron chi connectivity index (χ4n) is 2.62. The topological polar surface area (TPSA) is 53.4 Å². The van der Waals surface area contributed by atoms with Crippen LogP contribution in [0.1, 0.15) is 43.5 Å². The minimum absolute atomic E-state index is 0.162. The van der Waals surface area contributed by atoms with E-state index in [0.29, 0.717) is 0 Å². The molecule has 0 unspecified atom stereocenters. The van der Waals surface area contributed by atoms with E-state index in [1.807, 2.05) is 18.7 Å². The van der Waals surface area contributed by atoms with E-state index < -0.39 is 11.8 Å². The Balaban J connectivity index is 2.43. The average molecular weight is 252 g/mol. The second kappa shape index (κ2) is 4.92. The van der Waals surface area contributed by atoms with Crippen molar-refractivity contribution in [3.63, 3.8) is 0 Å². The number of rotatable bonds is 2. The number of carbonyl (C=O) groups is 1. The Hall–Kier alpha value is -1.65. The van der Waals surface area contributed by atoms with E-state index in [9.17, 15) is 9.18 Å². The highest BCUT2D eigenvalue weighted by Gasteiger charge is 2.29. The first-order valence-electron chi connectivity index (χ1n) is 6.18. The third kappa shape index (κ3) is 2.17. The first-order chi connectivity index (χ1) is 8.52. The molecule has 0 spiro atoms. The van der Waals surface area contributed by atoms with Gasteiger partial charge < -0.3 is 10.0 Å². The molecule has 2 rings (SSSR count). The van der Waals surface area contributed by atoms with Gasteiger partial charge in [0.15, 0.2) is 11.6 Å². The number of halogens is 1. The molecule has 0 saturated carbocycles. The molecular formula is C13H17FN2O2. The van der Waals surface area contributed by atoms with E-state index in [1.165, 1.54) is 12.3 Å². The highest BCUT2D eigenvalue weighted by molar-refractivity contribution is 5.88. The zero-order chi connectivity index (χ0) is 13.3. The minimum atomic E-state index is -1.26. The van der Waals surface area contributed by atoms with Gasteiger partial charge in [0.05, 0.1) is 0 Å². The maximum atomic E-state index is 14.2. The number of piperidine rings is 1. The molecule has 0 aromatic carbocycles. The van der Waals surface area contributed by atoms with Gasteiger partial charge in [-0.1, -0.05) is 0 Å². The summed E-state index contributed by atoms with van der Waals surface area (Å²) in [5.41, 5.74) is -0.315. The van der Waals surface area contributed by atoms with Crippen LogP contribution in [0.5, 0.6) is 0 Å². The zero-order valence-electron chi connectivity index (χ0n) is 10.6. The summed E-state index contributed by atoms with van der Waals surface area (Å²) in [5.74, 6) is -1.83. The van der Waals surface area contributed by atoms with Gasteiger partial charge in [0.2, 0.25) is 0 Å². The number of carboxylic acids is 1. The molecule has 5 heteroatoms. The van der Waals surface area contributed by atoms with Crippen molar-refractivity contribution >= 4 is 11.8 Å². The largest absolute Gasteiger partial charge is 0.478 e. The van der Waals surface area contributed by atoms with Crippen LogP contribution in [0.2, 0.25) is 0 Å². The van der Waals surface area contributed by atoms with Crippen molar-refractivity contribution in [2.45, 2.75) is 45.2 Å². The molecule has 1 aliphatic rings. The summed E-state index contributed by atoms with van der Waals surface area (Å²) in [4.78, 5) is 16.9. The smallest absolute Gasteiger partial charge is 0.338 e. The molecule has 0 amide bonds. The molecule has 18 heavy (non-hydrogen) atoms. The number of aromatic carboxylic acids is 1. The lowest BCUT2D eigenvalue weighted by atomic mass is 9.97. The Morgan fingerprint density at radius 2 is 2.06 bits per heavy atom. The highest BCUT2D eigenvalue weighted by atomic mass is 19.1. The van der Waals surface area contributed by atoms with Gasteiger partial charge in [-0.05, 0) is 39.2 Å². The van der Waals surface area contributed by atoms with E-state index >= 15 is 0 Å². The number of nitrogens with zero attached hydrogens (tertiary/aromatic N) is 2. The normalized spacial score (nSPS) is 24.1. The van der Waals surface area contributed by atoms with Gasteiger partial charge in [0, 0.05) is 18.3 Å². The standard InChI is InChI=1S/C13H17FN2O2/c1-8-4-3-5-9(2)16(8)12-11(14)10(13(17)18)6-7-15-12/h6-9H,3-5H2,1-2H3,(H,17,18)/t8-,9+. The number of aromatic nitrogens is 1. The minimum Gasteiger partial charge on any atom is -0.478 e. The molecule has 0 bridgehead atoms. The monoisotopic (exact) mass is 252 g/mol. The zero-order valence-corrected chi connectivity index (χ0v) is 10.6. The highest BCUT2D eigenvalue weighted by Crippen LogP contribution is 2.30. The second-order valence-electron chi connectivity index (χ2n) is 4.84. The molecule has 1 N–H and O–H groups in total. The lowest BCUT2D eigenvalue weighted by molar-refractivity contribution is 0.0691. The van der Waals surface area contributed by atoms with Gasteiger partial charge in [0.1, 0.15) is 5.56 Å². The first-order valence-corrected chi connectivity index (χ1v) is 6.18. The van der Waals surface area contributed by atoms with Crippen LogP contribution in [0, 0.1) is 5.82 Å². The SMILES string of the molecule is C[C@@H]1CCC[C@H](C)N1c1nccc(C(=O)O)c1F. The first kappa shape index (κ1) is 12.8. The molecule has 1 fully saturated rings. The van der Waals surface area contributed by atoms with Crippen LogP contribution in [0.15, 0.2) is 12.3 Å². The molecule has 0 aliphatic carbocycles. The second-order valence-corrected chi connectivity index (χ2v) is 4.84. The van der Waals surface area contributed by atoms with Crippen LogP contribution in [-0.4, -0.2) is 28.1 Å². The Morgan fingerprint density at radius 3 is 2.61 bits per heavy atom.